The van der Waals surface area contributed by atoms with Crippen molar-refractivity contribution in [1.29, 1.82) is 0 Å². The topological polar surface area (TPSA) is 75.0 Å². The summed E-state index contributed by atoms with van der Waals surface area (Å²) >= 11 is 0. The molecule has 0 unspecified atom stereocenters. The first-order valence-electron chi connectivity index (χ1n) is 9.94. The Labute approximate surface area is 173 Å². The van der Waals surface area contributed by atoms with Crippen LogP contribution in [0.1, 0.15) is 23.4 Å². The van der Waals surface area contributed by atoms with Crippen LogP contribution in [-0.2, 0) is 11.2 Å². The Bertz CT molecular complexity index is 1280. The van der Waals surface area contributed by atoms with Crippen LogP contribution in [0.15, 0.2) is 42.5 Å². The molecular formula is C23H21N3O4. The van der Waals surface area contributed by atoms with Gasteiger partial charge in [-0.3, -0.25) is 4.79 Å². The minimum absolute atomic E-state index is 0.240. The Morgan fingerprint density at radius 3 is 2.77 bits per heavy atom. The Kier molecular flexibility index (Phi) is 4.50. The molecule has 0 atom stereocenters. The molecule has 0 bridgehead atoms. The molecule has 7 nitrogen and oxygen atoms in total. The summed E-state index contributed by atoms with van der Waals surface area (Å²) in [4.78, 5) is 17.2. The number of carbonyl (C=O) groups is 1. The third-order valence-electron chi connectivity index (χ3n) is 5.34. The number of aromatic nitrogens is 3. The van der Waals surface area contributed by atoms with Gasteiger partial charge in [0.25, 0.3) is 0 Å². The minimum atomic E-state index is -0.309. The SMILES string of the molecule is Cc1nc2c3ccccc3nn2c(C)c1CCC(=O)Oc1ccc2c(c1)OCCO2. The largest absolute Gasteiger partial charge is 0.486 e. The predicted octanol–water partition coefficient (Wildman–Crippen LogP) is 3.81. The Balaban J connectivity index is 1.34. The maximum Gasteiger partial charge on any atom is 0.311 e. The first-order chi connectivity index (χ1) is 14.6. The van der Waals surface area contributed by atoms with E-state index in [1.165, 1.54) is 0 Å². The van der Waals surface area contributed by atoms with Gasteiger partial charge in [-0.15, -0.1) is 0 Å². The molecule has 30 heavy (non-hydrogen) atoms. The quantitative estimate of drug-likeness (QED) is 0.381. The van der Waals surface area contributed by atoms with E-state index < -0.39 is 0 Å². The first-order valence-corrected chi connectivity index (χ1v) is 9.94. The molecule has 2 aromatic carbocycles. The van der Waals surface area contributed by atoms with E-state index in [9.17, 15) is 4.79 Å². The van der Waals surface area contributed by atoms with Crippen LogP contribution in [0.25, 0.3) is 16.6 Å². The fourth-order valence-electron chi connectivity index (χ4n) is 3.84. The van der Waals surface area contributed by atoms with Gasteiger partial charge in [0.1, 0.15) is 19.0 Å². The highest BCUT2D eigenvalue weighted by molar-refractivity contribution is 5.92. The van der Waals surface area contributed by atoms with Crippen molar-refractivity contribution in [2.45, 2.75) is 26.7 Å². The van der Waals surface area contributed by atoms with E-state index in [4.69, 9.17) is 19.2 Å². The summed E-state index contributed by atoms with van der Waals surface area (Å²) in [6.07, 6.45) is 0.768. The minimum Gasteiger partial charge on any atom is -0.486 e. The first kappa shape index (κ1) is 18.4. The molecule has 4 aromatic rings. The maximum absolute atomic E-state index is 12.4. The second-order valence-corrected chi connectivity index (χ2v) is 7.29. The summed E-state index contributed by atoms with van der Waals surface area (Å²) < 4.78 is 18.4. The molecule has 7 heteroatoms. The van der Waals surface area contributed by atoms with E-state index in [2.05, 4.69) is 5.10 Å². The second kappa shape index (κ2) is 7.33. The van der Waals surface area contributed by atoms with Gasteiger partial charge in [-0.25, -0.2) is 9.50 Å². The van der Waals surface area contributed by atoms with E-state index in [1.807, 2.05) is 42.6 Å². The van der Waals surface area contributed by atoms with E-state index in [0.717, 1.165) is 33.5 Å². The van der Waals surface area contributed by atoms with E-state index in [-0.39, 0.29) is 12.4 Å². The number of benzene rings is 2. The van der Waals surface area contributed by atoms with Crippen LogP contribution in [-0.4, -0.2) is 33.8 Å². The molecule has 2 aromatic heterocycles. The van der Waals surface area contributed by atoms with Crippen molar-refractivity contribution < 1.29 is 19.0 Å². The summed E-state index contributed by atoms with van der Waals surface area (Å²) in [5.74, 6) is 1.40. The summed E-state index contributed by atoms with van der Waals surface area (Å²) in [6.45, 7) is 4.99. The number of nitrogens with zero attached hydrogens (tertiary/aromatic N) is 3. The standard InChI is InChI=1S/C23H21N3O4/c1-14-17(15(2)26-23(24-14)18-5-3-4-6-19(18)25-26)8-10-22(27)30-16-7-9-20-21(13-16)29-12-11-28-20/h3-7,9,13H,8,10-12H2,1-2H3. The number of carbonyl (C=O) groups excluding carboxylic acids is 1. The molecule has 0 saturated carbocycles. The van der Waals surface area contributed by atoms with Crippen molar-refractivity contribution in [2.24, 2.45) is 0 Å². The molecule has 3 heterocycles. The van der Waals surface area contributed by atoms with E-state index >= 15 is 0 Å². The highest BCUT2D eigenvalue weighted by Gasteiger charge is 2.17. The van der Waals surface area contributed by atoms with Gasteiger partial charge in [0.15, 0.2) is 17.1 Å². The van der Waals surface area contributed by atoms with Crippen LogP contribution >= 0.6 is 0 Å². The van der Waals surface area contributed by atoms with Crippen LogP contribution in [0.5, 0.6) is 17.2 Å². The Morgan fingerprint density at radius 2 is 1.90 bits per heavy atom. The van der Waals surface area contributed by atoms with Crippen molar-refractivity contribution in [3.05, 3.63) is 59.4 Å². The zero-order chi connectivity index (χ0) is 20.7. The summed E-state index contributed by atoms with van der Waals surface area (Å²) in [6, 6.07) is 13.1. The zero-order valence-corrected chi connectivity index (χ0v) is 16.8. The number of aryl methyl sites for hydroxylation is 2. The van der Waals surface area contributed by atoms with Crippen molar-refractivity contribution in [3.8, 4) is 17.2 Å². The monoisotopic (exact) mass is 403 g/mol. The van der Waals surface area contributed by atoms with Gasteiger partial charge >= 0.3 is 5.97 Å². The summed E-state index contributed by atoms with van der Waals surface area (Å²) in [7, 11) is 0. The molecule has 0 spiro atoms. The second-order valence-electron chi connectivity index (χ2n) is 7.29. The van der Waals surface area contributed by atoms with Gasteiger partial charge in [-0.1, -0.05) is 12.1 Å². The van der Waals surface area contributed by atoms with Gasteiger partial charge in [-0.2, -0.15) is 5.10 Å². The summed E-state index contributed by atoms with van der Waals surface area (Å²) in [5.41, 5.74) is 4.64. The van der Waals surface area contributed by atoms with Crippen LogP contribution in [0.3, 0.4) is 0 Å². The molecule has 0 radical (unpaired) electrons. The molecule has 0 fully saturated rings. The lowest BCUT2D eigenvalue weighted by Gasteiger charge is -2.18. The molecule has 1 aliphatic rings. The molecule has 0 saturated heterocycles. The average molecular weight is 403 g/mol. The Morgan fingerprint density at radius 1 is 1.10 bits per heavy atom. The number of hydrogen-bond acceptors (Lipinski definition) is 6. The van der Waals surface area contributed by atoms with Crippen LogP contribution in [0, 0.1) is 13.8 Å². The lowest BCUT2D eigenvalue weighted by molar-refractivity contribution is -0.134. The van der Waals surface area contributed by atoms with Crippen LogP contribution in [0.4, 0.5) is 0 Å². The molecule has 152 valence electrons. The van der Waals surface area contributed by atoms with Crippen molar-refractivity contribution in [3.63, 3.8) is 0 Å². The number of esters is 1. The van der Waals surface area contributed by atoms with Gasteiger partial charge in [0, 0.05) is 22.8 Å². The van der Waals surface area contributed by atoms with E-state index in [1.54, 1.807) is 18.2 Å². The Hall–Kier alpha value is -3.61. The van der Waals surface area contributed by atoms with Gasteiger partial charge in [-0.05, 0) is 50.1 Å². The molecular weight excluding hydrogens is 382 g/mol. The molecule has 0 N–H and O–H groups in total. The maximum atomic E-state index is 12.4. The normalized spacial score (nSPS) is 13.0. The predicted molar refractivity (Wildman–Crippen MR) is 111 cm³/mol. The third-order valence-corrected chi connectivity index (χ3v) is 5.34. The van der Waals surface area contributed by atoms with Crippen molar-refractivity contribution >= 4 is 22.5 Å². The third kappa shape index (κ3) is 3.22. The smallest absolute Gasteiger partial charge is 0.311 e. The number of rotatable bonds is 4. The number of hydrogen-bond donors (Lipinski definition) is 0. The molecule has 0 aliphatic carbocycles. The van der Waals surface area contributed by atoms with E-state index in [0.29, 0.717) is 36.9 Å². The fraction of sp³-hybridized carbons (Fsp3) is 0.261. The average Bonchev–Trinajstić information content (AvgIpc) is 3.12. The fourth-order valence-corrected chi connectivity index (χ4v) is 3.84. The molecule has 1 aliphatic heterocycles. The zero-order valence-electron chi connectivity index (χ0n) is 16.8. The highest BCUT2D eigenvalue weighted by atomic mass is 16.6. The van der Waals surface area contributed by atoms with Gasteiger partial charge < -0.3 is 14.2 Å². The molecule has 5 rings (SSSR count). The lowest BCUT2D eigenvalue weighted by Crippen LogP contribution is -2.16. The summed E-state index contributed by atoms with van der Waals surface area (Å²) in [5, 5.41) is 5.69. The highest BCUT2D eigenvalue weighted by Crippen LogP contribution is 2.33. The van der Waals surface area contributed by atoms with Crippen molar-refractivity contribution in [1.82, 2.24) is 14.6 Å². The van der Waals surface area contributed by atoms with Crippen LogP contribution < -0.4 is 14.2 Å². The number of ether oxygens (including phenoxy) is 3. The van der Waals surface area contributed by atoms with Gasteiger partial charge in [0.2, 0.25) is 0 Å². The number of fused-ring (bicyclic) bond motifs is 4. The van der Waals surface area contributed by atoms with Crippen LogP contribution in [0.2, 0.25) is 0 Å². The van der Waals surface area contributed by atoms with Gasteiger partial charge in [0.05, 0.1) is 11.9 Å². The lowest BCUT2D eigenvalue weighted by atomic mass is 10.1. The van der Waals surface area contributed by atoms with Crippen molar-refractivity contribution in [2.75, 3.05) is 13.2 Å². The molecule has 0 amide bonds.